The van der Waals surface area contributed by atoms with Crippen LogP contribution < -0.4 is 19.5 Å². The molecule has 1 N–H and O–H groups in total. The third kappa shape index (κ3) is 4.91. The normalized spacial score (nSPS) is 10.9. The number of aryl methyl sites for hydroxylation is 2. The number of carbonyl (C=O) groups excluding carboxylic acids is 1. The molecule has 0 atom stereocenters. The molecule has 1 amide bonds. The monoisotopic (exact) mass is 474 g/mol. The van der Waals surface area contributed by atoms with Gasteiger partial charge in [-0.15, -0.1) is 0 Å². The average Bonchev–Trinajstić information content (AvgIpc) is 3.21. The lowest BCUT2D eigenvalue weighted by Crippen LogP contribution is -2.14. The van der Waals surface area contributed by atoms with Crippen molar-refractivity contribution in [2.75, 3.05) is 26.1 Å². The van der Waals surface area contributed by atoms with Crippen molar-refractivity contribution in [3.05, 3.63) is 65.4 Å². The zero-order valence-corrected chi connectivity index (χ0v) is 20.7. The van der Waals surface area contributed by atoms with Crippen molar-refractivity contribution in [2.24, 2.45) is 0 Å². The highest BCUT2D eigenvalue weighted by atomic mass is 16.5. The van der Waals surface area contributed by atoms with E-state index in [0.29, 0.717) is 36.1 Å². The maximum atomic E-state index is 12.8. The number of nitrogens with zero attached hydrogens (tertiary/aromatic N) is 3. The Balaban J connectivity index is 1.63. The smallest absolute Gasteiger partial charge is 0.224 e. The zero-order valence-electron chi connectivity index (χ0n) is 20.7. The van der Waals surface area contributed by atoms with Crippen molar-refractivity contribution in [3.63, 3.8) is 0 Å². The summed E-state index contributed by atoms with van der Waals surface area (Å²) in [7, 11) is 3.14. The molecule has 4 rings (SSSR count). The lowest BCUT2D eigenvalue weighted by molar-refractivity contribution is -0.116. The van der Waals surface area contributed by atoms with Crippen molar-refractivity contribution in [1.82, 2.24) is 14.8 Å². The van der Waals surface area contributed by atoms with Crippen molar-refractivity contribution in [3.8, 4) is 23.1 Å². The first-order chi connectivity index (χ1) is 17.0. The molecule has 0 spiro atoms. The number of carbonyl (C=O) groups is 1. The van der Waals surface area contributed by atoms with Crippen LogP contribution in [0, 0.1) is 13.8 Å². The van der Waals surface area contributed by atoms with E-state index in [9.17, 15) is 4.79 Å². The molecule has 0 aliphatic carbocycles. The summed E-state index contributed by atoms with van der Waals surface area (Å²) in [5.74, 6) is 1.59. The molecule has 2 heterocycles. The first-order valence-electron chi connectivity index (χ1n) is 11.6. The Hall–Kier alpha value is -4.07. The fourth-order valence-electron chi connectivity index (χ4n) is 4.19. The Morgan fingerprint density at radius 3 is 2.51 bits per heavy atom. The second kappa shape index (κ2) is 10.5. The molecule has 0 aliphatic heterocycles. The SMILES string of the molecule is CCOc1nc2c(c(C)nn2-c2ccccc2)c(C)c1CCC(=O)Nc1ccc(OC)cc1OC. The number of aromatic nitrogens is 3. The van der Waals surface area contributed by atoms with Crippen LogP contribution >= 0.6 is 0 Å². The van der Waals surface area contributed by atoms with E-state index in [1.54, 1.807) is 32.4 Å². The van der Waals surface area contributed by atoms with Gasteiger partial charge in [-0.05, 0) is 57.0 Å². The van der Waals surface area contributed by atoms with E-state index in [1.165, 1.54) is 0 Å². The number of nitrogens with one attached hydrogen (secondary N) is 1. The topological polar surface area (TPSA) is 87.5 Å². The minimum Gasteiger partial charge on any atom is -0.497 e. The summed E-state index contributed by atoms with van der Waals surface area (Å²) in [6, 6.07) is 15.2. The first kappa shape index (κ1) is 24.1. The number of pyridine rings is 1. The van der Waals surface area contributed by atoms with Gasteiger partial charge in [-0.3, -0.25) is 4.79 Å². The first-order valence-corrected chi connectivity index (χ1v) is 11.6. The quantitative estimate of drug-likeness (QED) is 0.366. The van der Waals surface area contributed by atoms with Crippen LogP contribution in [0.4, 0.5) is 5.69 Å². The standard InChI is InChI=1S/C27H30N4O4/c1-6-35-27-21(13-15-24(32)28-22-14-12-20(33-4)16-23(22)34-5)17(2)25-18(3)30-31(26(25)29-27)19-10-8-7-9-11-19/h7-12,14,16H,6,13,15H2,1-5H3,(H,28,32). The number of anilines is 1. The minimum atomic E-state index is -0.132. The van der Waals surface area contributed by atoms with Gasteiger partial charge in [-0.2, -0.15) is 10.1 Å². The molecule has 2 aromatic carbocycles. The highest BCUT2D eigenvalue weighted by Crippen LogP contribution is 2.33. The molecular weight excluding hydrogens is 444 g/mol. The number of para-hydroxylation sites is 1. The molecule has 0 bridgehead atoms. The molecule has 8 heteroatoms. The molecule has 2 aromatic heterocycles. The summed E-state index contributed by atoms with van der Waals surface area (Å²) >= 11 is 0. The summed E-state index contributed by atoms with van der Waals surface area (Å²) in [5, 5.41) is 8.65. The maximum absolute atomic E-state index is 12.8. The van der Waals surface area contributed by atoms with Crippen LogP contribution in [0.5, 0.6) is 17.4 Å². The van der Waals surface area contributed by atoms with Gasteiger partial charge in [0.05, 0.1) is 37.9 Å². The second-order valence-electron chi connectivity index (χ2n) is 8.10. The van der Waals surface area contributed by atoms with Gasteiger partial charge in [0.1, 0.15) is 11.5 Å². The highest BCUT2D eigenvalue weighted by molar-refractivity contribution is 5.93. The minimum absolute atomic E-state index is 0.132. The third-order valence-electron chi connectivity index (χ3n) is 5.90. The number of hydrogen-bond acceptors (Lipinski definition) is 6. The number of ether oxygens (including phenoxy) is 3. The average molecular weight is 475 g/mol. The Kier molecular flexibility index (Phi) is 7.19. The fraction of sp³-hybridized carbons (Fsp3) is 0.296. The summed E-state index contributed by atoms with van der Waals surface area (Å²) in [6.07, 6.45) is 0.736. The molecule has 0 saturated heterocycles. The van der Waals surface area contributed by atoms with E-state index >= 15 is 0 Å². The Labute approximate surface area is 204 Å². The largest absolute Gasteiger partial charge is 0.497 e. The molecule has 0 radical (unpaired) electrons. The van der Waals surface area contributed by atoms with Crippen molar-refractivity contribution in [2.45, 2.75) is 33.6 Å². The van der Waals surface area contributed by atoms with Gasteiger partial charge in [-0.25, -0.2) is 4.68 Å². The van der Waals surface area contributed by atoms with E-state index in [0.717, 1.165) is 33.5 Å². The molecule has 8 nitrogen and oxygen atoms in total. The van der Waals surface area contributed by atoms with Crippen LogP contribution in [0.25, 0.3) is 16.7 Å². The van der Waals surface area contributed by atoms with Crippen LogP contribution in [0.15, 0.2) is 48.5 Å². The number of fused-ring (bicyclic) bond motifs is 1. The molecule has 0 unspecified atom stereocenters. The highest BCUT2D eigenvalue weighted by Gasteiger charge is 2.21. The molecule has 182 valence electrons. The van der Waals surface area contributed by atoms with Gasteiger partial charge >= 0.3 is 0 Å². The summed E-state index contributed by atoms with van der Waals surface area (Å²) in [4.78, 5) is 17.7. The molecular formula is C27H30N4O4. The molecule has 4 aromatic rings. The predicted octanol–water partition coefficient (Wildman–Crippen LogP) is 5.02. The molecule has 0 aliphatic rings. The van der Waals surface area contributed by atoms with Crippen molar-refractivity contribution >= 4 is 22.6 Å². The maximum Gasteiger partial charge on any atom is 0.224 e. The predicted molar refractivity (Wildman–Crippen MR) is 136 cm³/mol. The van der Waals surface area contributed by atoms with Crippen LogP contribution in [0.1, 0.15) is 30.2 Å². The number of hydrogen-bond donors (Lipinski definition) is 1. The summed E-state index contributed by atoms with van der Waals surface area (Å²) in [5.41, 5.74) is 5.07. The molecule has 0 fully saturated rings. The van der Waals surface area contributed by atoms with Crippen molar-refractivity contribution in [1.29, 1.82) is 0 Å². The number of rotatable bonds is 9. The van der Waals surface area contributed by atoms with Gasteiger partial charge in [-0.1, -0.05) is 18.2 Å². The Morgan fingerprint density at radius 1 is 1.06 bits per heavy atom. The summed E-state index contributed by atoms with van der Waals surface area (Å²) < 4.78 is 18.4. The van der Waals surface area contributed by atoms with Crippen LogP contribution in [0.3, 0.4) is 0 Å². The lowest BCUT2D eigenvalue weighted by Gasteiger charge is -2.15. The fourth-order valence-corrected chi connectivity index (χ4v) is 4.19. The number of amides is 1. The van der Waals surface area contributed by atoms with E-state index in [2.05, 4.69) is 5.32 Å². The zero-order chi connectivity index (χ0) is 24.9. The second-order valence-corrected chi connectivity index (χ2v) is 8.10. The van der Waals surface area contributed by atoms with Crippen LogP contribution in [-0.2, 0) is 11.2 Å². The lowest BCUT2D eigenvalue weighted by atomic mass is 10.0. The van der Waals surface area contributed by atoms with Gasteiger partial charge in [0, 0.05) is 23.4 Å². The number of benzene rings is 2. The number of methoxy groups -OCH3 is 2. The molecule has 35 heavy (non-hydrogen) atoms. The Morgan fingerprint density at radius 2 is 1.83 bits per heavy atom. The van der Waals surface area contributed by atoms with E-state index in [-0.39, 0.29) is 12.3 Å². The van der Waals surface area contributed by atoms with Gasteiger partial charge in [0.25, 0.3) is 0 Å². The van der Waals surface area contributed by atoms with Gasteiger partial charge in [0.15, 0.2) is 5.65 Å². The third-order valence-corrected chi connectivity index (χ3v) is 5.90. The Bertz CT molecular complexity index is 1350. The van der Waals surface area contributed by atoms with Gasteiger partial charge in [0.2, 0.25) is 11.8 Å². The van der Waals surface area contributed by atoms with E-state index in [4.69, 9.17) is 24.3 Å². The van der Waals surface area contributed by atoms with E-state index < -0.39 is 0 Å². The van der Waals surface area contributed by atoms with Crippen molar-refractivity contribution < 1.29 is 19.0 Å². The molecule has 0 saturated carbocycles. The van der Waals surface area contributed by atoms with Crippen LogP contribution in [-0.4, -0.2) is 41.5 Å². The summed E-state index contributed by atoms with van der Waals surface area (Å²) in [6.45, 7) is 6.41. The van der Waals surface area contributed by atoms with E-state index in [1.807, 2.05) is 55.8 Å². The van der Waals surface area contributed by atoms with Crippen LogP contribution in [0.2, 0.25) is 0 Å². The van der Waals surface area contributed by atoms with Gasteiger partial charge < -0.3 is 19.5 Å².